The molecule has 3 N–H and O–H groups in total. The topological polar surface area (TPSA) is 86.1 Å². The van der Waals surface area contributed by atoms with Crippen molar-refractivity contribution in [2.75, 3.05) is 45.7 Å². The lowest BCUT2D eigenvalue weighted by atomic mass is 9.99. The molecule has 154 valence electrons. The van der Waals surface area contributed by atoms with Gasteiger partial charge in [-0.05, 0) is 25.3 Å². The fraction of sp³-hybridized carbons (Fsp3) is 0.650. The summed E-state index contributed by atoms with van der Waals surface area (Å²) in [5.74, 6) is 0.365. The normalized spacial score (nSPS) is 27.4. The minimum atomic E-state index is -0.195. The Hall–Kier alpha value is -1.54. The largest absolute Gasteiger partial charge is 0.492 e. The molecule has 0 aliphatic carbocycles. The number of carbonyl (C=O) groups is 1. The van der Waals surface area contributed by atoms with Gasteiger partial charge in [-0.2, -0.15) is 0 Å². The van der Waals surface area contributed by atoms with E-state index < -0.39 is 0 Å². The van der Waals surface area contributed by atoms with Crippen LogP contribution < -0.4 is 15.8 Å². The van der Waals surface area contributed by atoms with Gasteiger partial charge < -0.3 is 25.3 Å². The number of ether oxygens (including phenoxy) is 3. The van der Waals surface area contributed by atoms with Crippen LogP contribution in [0.3, 0.4) is 0 Å². The van der Waals surface area contributed by atoms with Gasteiger partial charge >= 0.3 is 0 Å². The van der Waals surface area contributed by atoms with Crippen LogP contribution in [0.2, 0.25) is 5.02 Å². The van der Waals surface area contributed by atoms with Crippen LogP contribution in [0.4, 0.5) is 5.69 Å². The first-order valence-electron chi connectivity index (χ1n) is 9.98. The van der Waals surface area contributed by atoms with Crippen molar-refractivity contribution in [3.05, 3.63) is 22.2 Å². The van der Waals surface area contributed by atoms with Gasteiger partial charge in [0.1, 0.15) is 5.75 Å². The second-order valence-electron chi connectivity index (χ2n) is 7.76. The van der Waals surface area contributed by atoms with Crippen LogP contribution in [0, 0.1) is 0 Å². The number of halogens is 1. The summed E-state index contributed by atoms with van der Waals surface area (Å²) in [5.41, 5.74) is 7.81. The predicted octanol–water partition coefficient (Wildman–Crippen LogP) is 1.86. The highest BCUT2D eigenvalue weighted by molar-refractivity contribution is 6.33. The van der Waals surface area contributed by atoms with Gasteiger partial charge in [-0.3, -0.25) is 9.69 Å². The van der Waals surface area contributed by atoms with Crippen LogP contribution in [-0.2, 0) is 15.9 Å². The second-order valence-corrected chi connectivity index (χ2v) is 8.17. The van der Waals surface area contributed by atoms with E-state index in [4.69, 9.17) is 31.5 Å². The molecule has 1 aromatic carbocycles. The van der Waals surface area contributed by atoms with Gasteiger partial charge in [0.05, 0.1) is 41.1 Å². The van der Waals surface area contributed by atoms with Crippen LogP contribution in [0.5, 0.6) is 5.75 Å². The van der Waals surface area contributed by atoms with Crippen molar-refractivity contribution in [3.8, 4) is 5.75 Å². The van der Waals surface area contributed by atoms with Crippen molar-refractivity contribution in [2.45, 2.75) is 43.9 Å². The third kappa shape index (κ3) is 3.94. The van der Waals surface area contributed by atoms with Crippen molar-refractivity contribution in [1.82, 2.24) is 10.2 Å². The van der Waals surface area contributed by atoms with Gasteiger partial charge in [0, 0.05) is 45.3 Å². The fourth-order valence-corrected chi connectivity index (χ4v) is 4.63. The van der Waals surface area contributed by atoms with Crippen LogP contribution in [0.25, 0.3) is 0 Å². The molecular formula is C20H28ClN3O4. The first kappa shape index (κ1) is 19.8. The molecule has 0 saturated carbocycles. The van der Waals surface area contributed by atoms with Crippen molar-refractivity contribution in [3.63, 3.8) is 0 Å². The SMILES string of the molecule is CO[C@H]1CN(CC2CCCO2)CC[C@H]1NC(=O)c1cc(Cl)c(N)c2c1OCC2. The molecule has 8 heteroatoms. The molecule has 1 amide bonds. The first-order valence-corrected chi connectivity index (χ1v) is 10.4. The van der Waals surface area contributed by atoms with Gasteiger partial charge in [0.15, 0.2) is 0 Å². The number of nitrogens with one attached hydrogen (secondary N) is 1. The number of hydrogen-bond donors (Lipinski definition) is 2. The van der Waals surface area contributed by atoms with Gasteiger partial charge in [-0.15, -0.1) is 0 Å². The number of likely N-dealkylation sites (tertiary alicyclic amines) is 1. The number of nitrogens with two attached hydrogens (primary N) is 1. The van der Waals surface area contributed by atoms with Crippen LogP contribution >= 0.6 is 11.6 Å². The summed E-state index contributed by atoms with van der Waals surface area (Å²) >= 11 is 6.24. The minimum Gasteiger partial charge on any atom is -0.492 e. The van der Waals surface area contributed by atoms with E-state index in [1.54, 1.807) is 13.2 Å². The van der Waals surface area contributed by atoms with E-state index in [1.807, 2.05) is 0 Å². The van der Waals surface area contributed by atoms with E-state index in [2.05, 4.69) is 10.2 Å². The van der Waals surface area contributed by atoms with Crippen molar-refractivity contribution < 1.29 is 19.0 Å². The molecule has 1 aromatic rings. The maximum Gasteiger partial charge on any atom is 0.255 e. The van der Waals surface area contributed by atoms with E-state index in [-0.39, 0.29) is 18.1 Å². The number of carbonyl (C=O) groups excluding carboxylic acids is 1. The summed E-state index contributed by atoms with van der Waals surface area (Å²) in [6, 6.07) is 1.54. The Bertz CT molecular complexity index is 739. The van der Waals surface area contributed by atoms with E-state index in [0.29, 0.717) is 41.2 Å². The quantitative estimate of drug-likeness (QED) is 0.722. The van der Waals surface area contributed by atoms with Gasteiger partial charge in [0.25, 0.3) is 5.91 Å². The molecule has 2 fully saturated rings. The molecular weight excluding hydrogens is 382 g/mol. The molecule has 0 spiro atoms. The minimum absolute atomic E-state index is 0.0633. The zero-order valence-corrected chi connectivity index (χ0v) is 17.0. The summed E-state index contributed by atoms with van der Waals surface area (Å²) in [4.78, 5) is 15.3. The number of hydrogen-bond acceptors (Lipinski definition) is 6. The summed E-state index contributed by atoms with van der Waals surface area (Å²) in [6.07, 6.45) is 4.00. The molecule has 0 bridgehead atoms. The Kier molecular flexibility index (Phi) is 5.96. The molecule has 3 aliphatic rings. The van der Waals surface area contributed by atoms with Gasteiger partial charge in [0.2, 0.25) is 0 Å². The molecule has 3 atom stereocenters. The Labute approximate surface area is 170 Å². The third-order valence-corrected chi connectivity index (χ3v) is 6.28. The first-order chi connectivity index (χ1) is 13.6. The zero-order chi connectivity index (χ0) is 19.7. The average molecular weight is 410 g/mol. The summed E-state index contributed by atoms with van der Waals surface area (Å²) in [6.45, 7) is 3.99. The van der Waals surface area contributed by atoms with Crippen molar-refractivity contribution in [2.24, 2.45) is 0 Å². The number of methoxy groups -OCH3 is 1. The number of nitrogens with zero attached hydrogens (tertiary/aromatic N) is 1. The average Bonchev–Trinajstić information content (AvgIpc) is 3.37. The number of rotatable bonds is 5. The summed E-state index contributed by atoms with van der Waals surface area (Å²) < 4.78 is 17.1. The predicted molar refractivity (Wildman–Crippen MR) is 107 cm³/mol. The maximum atomic E-state index is 13.0. The molecule has 3 heterocycles. The summed E-state index contributed by atoms with van der Waals surface area (Å²) in [5, 5.41) is 3.52. The molecule has 1 unspecified atom stereocenters. The Morgan fingerprint density at radius 3 is 3.04 bits per heavy atom. The lowest BCUT2D eigenvalue weighted by molar-refractivity contribution is -0.0112. The number of nitrogen functional groups attached to an aromatic ring is 1. The monoisotopic (exact) mass is 409 g/mol. The molecule has 2 saturated heterocycles. The highest BCUT2D eigenvalue weighted by atomic mass is 35.5. The smallest absolute Gasteiger partial charge is 0.255 e. The van der Waals surface area contributed by atoms with Gasteiger partial charge in [-0.1, -0.05) is 11.6 Å². The highest BCUT2D eigenvalue weighted by Gasteiger charge is 2.33. The maximum absolute atomic E-state index is 13.0. The van der Waals surface area contributed by atoms with E-state index in [9.17, 15) is 4.79 Å². The van der Waals surface area contributed by atoms with Crippen molar-refractivity contribution >= 4 is 23.2 Å². The van der Waals surface area contributed by atoms with E-state index in [1.165, 1.54) is 0 Å². The summed E-state index contributed by atoms with van der Waals surface area (Å²) in [7, 11) is 1.69. The molecule has 7 nitrogen and oxygen atoms in total. The van der Waals surface area contributed by atoms with Crippen molar-refractivity contribution in [1.29, 1.82) is 0 Å². The Balaban J connectivity index is 1.42. The fourth-order valence-electron chi connectivity index (χ4n) is 4.41. The van der Waals surface area contributed by atoms with Crippen LogP contribution in [0.1, 0.15) is 35.2 Å². The highest BCUT2D eigenvalue weighted by Crippen LogP contribution is 2.38. The lowest BCUT2D eigenvalue weighted by Gasteiger charge is -2.38. The number of amides is 1. The Morgan fingerprint density at radius 2 is 2.29 bits per heavy atom. The molecule has 3 aliphatic heterocycles. The zero-order valence-electron chi connectivity index (χ0n) is 16.2. The molecule has 0 radical (unpaired) electrons. The van der Waals surface area contributed by atoms with Crippen LogP contribution in [-0.4, -0.2) is 69.0 Å². The second kappa shape index (κ2) is 8.45. The Morgan fingerprint density at radius 1 is 1.43 bits per heavy atom. The number of piperidine rings is 1. The molecule has 0 aromatic heterocycles. The standard InChI is InChI=1S/C20H28ClN3O4/c1-26-17-11-24(10-12-3-2-7-27-12)6-4-16(17)23-20(25)14-9-15(21)18(22)13-5-8-28-19(13)14/h9,12,16-17H,2-8,10-11,22H2,1H3,(H,23,25)/t12?,16-,17+/m1/s1. The van der Waals surface area contributed by atoms with Gasteiger partial charge in [-0.25, -0.2) is 0 Å². The molecule has 4 rings (SSSR count). The molecule has 28 heavy (non-hydrogen) atoms. The number of fused-ring (bicyclic) bond motifs is 1. The number of anilines is 1. The van der Waals surface area contributed by atoms with Crippen LogP contribution in [0.15, 0.2) is 6.07 Å². The number of benzene rings is 1. The lowest BCUT2D eigenvalue weighted by Crippen LogP contribution is -2.55. The third-order valence-electron chi connectivity index (χ3n) is 5.96. The van der Waals surface area contributed by atoms with E-state index in [0.717, 1.165) is 51.1 Å². The van der Waals surface area contributed by atoms with E-state index >= 15 is 0 Å².